The van der Waals surface area contributed by atoms with Crippen molar-refractivity contribution in [3.8, 4) is 5.75 Å². The molecular weight excluding hydrogens is 458 g/mol. The van der Waals surface area contributed by atoms with Crippen molar-refractivity contribution in [2.24, 2.45) is 0 Å². The van der Waals surface area contributed by atoms with Crippen molar-refractivity contribution in [3.63, 3.8) is 0 Å². The first-order chi connectivity index (χ1) is 13.3. The average Bonchev–Trinajstić information content (AvgIpc) is 2.67. The van der Waals surface area contributed by atoms with Gasteiger partial charge in [0, 0.05) is 26.2 Å². The standard InChI is InChI=1S/C18H17BrF2N2O4S/c19-16-11-14(21)3-6-17(16)27-12-18(24)22-7-9-23(10-8-22)28(25,26)15-4-1-13(20)2-5-15/h1-6,11H,7-10,12H2. The molecule has 3 rings (SSSR count). The summed E-state index contributed by atoms with van der Waals surface area (Å²) in [4.78, 5) is 13.8. The van der Waals surface area contributed by atoms with Gasteiger partial charge in [0.25, 0.3) is 5.91 Å². The van der Waals surface area contributed by atoms with Crippen LogP contribution in [0.1, 0.15) is 0 Å². The zero-order valence-electron chi connectivity index (χ0n) is 14.6. The molecule has 1 fully saturated rings. The predicted octanol–water partition coefficient (Wildman–Crippen LogP) is 2.64. The summed E-state index contributed by atoms with van der Waals surface area (Å²) in [5.41, 5.74) is 0. The lowest BCUT2D eigenvalue weighted by atomic mass is 10.3. The molecule has 0 saturated carbocycles. The first kappa shape index (κ1) is 20.7. The number of rotatable bonds is 5. The summed E-state index contributed by atoms with van der Waals surface area (Å²) in [5, 5.41) is 0. The van der Waals surface area contributed by atoms with E-state index >= 15 is 0 Å². The zero-order chi connectivity index (χ0) is 20.3. The van der Waals surface area contributed by atoms with Crippen molar-refractivity contribution >= 4 is 31.9 Å². The van der Waals surface area contributed by atoms with E-state index in [1.807, 2.05) is 0 Å². The Morgan fingerprint density at radius 3 is 2.21 bits per heavy atom. The summed E-state index contributed by atoms with van der Waals surface area (Å²) >= 11 is 3.16. The molecule has 1 aliphatic rings. The third-order valence-electron chi connectivity index (χ3n) is 4.29. The number of amides is 1. The van der Waals surface area contributed by atoms with E-state index in [0.717, 1.165) is 12.1 Å². The molecule has 1 saturated heterocycles. The molecular formula is C18H17BrF2N2O4S. The second-order valence-electron chi connectivity index (χ2n) is 6.10. The third-order valence-corrected chi connectivity index (χ3v) is 6.82. The van der Waals surface area contributed by atoms with E-state index in [1.165, 1.54) is 39.5 Å². The van der Waals surface area contributed by atoms with Gasteiger partial charge in [0.1, 0.15) is 17.4 Å². The molecule has 0 atom stereocenters. The van der Waals surface area contributed by atoms with Gasteiger partial charge in [-0.2, -0.15) is 4.31 Å². The number of hydrogen-bond donors (Lipinski definition) is 0. The van der Waals surface area contributed by atoms with Crippen molar-refractivity contribution in [3.05, 3.63) is 58.6 Å². The van der Waals surface area contributed by atoms with E-state index in [-0.39, 0.29) is 43.6 Å². The lowest BCUT2D eigenvalue weighted by Crippen LogP contribution is -2.51. The molecule has 1 aliphatic heterocycles. The smallest absolute Gasteiger partial charge is 0.260 e. The summed E-state index contributed by atoms with van der Waals surface area (Å²) in [5.74, 6) is -0.895. The van der Waals surface area contributed by atoms with E-state index in [4.69, 9.17) is 4.74 Å². The summed E-state index contributed by atoms with van der Waals surface area (Å²) in [6.45, 7) is 0.451. The fourth-order valence-corrected chi connectivity index (χ4v) is 4.64. The van der Waals surface area contributed by atoms with Crippen LogP contribution in [-0.2, 0) is 14.8 Å². The highest BCUT2D eigenvalue weighted by Crippen LogP contribution is 2.25. The quantitative estimate of drug-likeness (QED) is 0.667. The SMILES string of the molecule is O=C(COc1ccc(F)cc1Br)N1CCN(S(=O)(=O)c2ccc(F)cc2)CC1. The topological polar surface area (TPSA) is 66.9 Å². The number of carbonyl (C=O) groups excluding carboxylic acids is 1. The Kier molecular flexibility index (Phi) is 6.31. The molecule has 0 unspecified atom stereocenters. The summed E-state index contributed by atoms with van der Waals surface area (Å²) in [6.07, 6.45) is 0. The van der Waals surface area contributed by atoms with Crippen LogP contribution >= 0.6 is 15.9 Å². The van der Waals surface area contributed by atoms with Gasteiger partial charge < -0.3 is 9.64 Å². The molecule has 0 N–H and O–H groups in total. The summed E-state index contributed by atoms with van der Waals surface area (Å²) in [7, 11) is -3.74. The van der Waals surface area contributed by atoms with Gasteiger partial charge in [-0.05, 0) is 58.4 Å². The number of nitrogens with zero attached hydrogens (tertiary/aromatic N) is 2. The molecule has 0 aromatic heterocycles. The fourth-order valence-electron chi connectivity index (χ4n) is 2.76. The Morgan fingerprint density at radius 1 is 1.00 bits per heavy atom. The van der Waals surface area contributed by atoms with E-state index in [0.29, 0.717) is 10.2 Å². The van der Waals surface area contributed by atoms with Crippen molar-refractivity contribution in [1.82, 2.24) is 9.21 Å². The van der Waals surface area contributed by atoms with Gasteiger partial charge in [-0.15, -0.1) is 0 Å². The van der Waals surface area contributed by atoms with Crippen molar-refractivity contribution in [1.29, 1.82) is 0 Å². The molecule has 0 bridgehead atoms. The Bertz CT molecular complexity index is 962. The number of halogens is 3. The lowest BCUT2D eigenvalue weighted by Gasteiger charge is -2.34. The van der Waals surface area contributed by atoms with Crippen LogP contribution in [-0.4, -0.2) is 56.3 Å². The van der Waals surface area contributed by atoms with E-state index in [2.05, 4.69) is 15.9 Å². The molecule has 0 aliphatic carbocycles. The van der Waals surface area contributed by atoms with Crippen LogP contribution in [0.4, 0.5) is 8.78 Å². The van der Waals surface area contributed by atoms with Crippen molar-refractivity contribution in [2.45, 2.75) is 4.90 Å². The lowest BCUT2D eigenvalue weighted by molar-refractivity contribution is -0.134. The second-order valence-corrected chi connectivity index (χ2v) is 8.89. The average molecular weight is 475 g/mol. The number of piperazine rings is 1. The fraction of sp³-hybridized carbons (Fsp3) is 0.278. The van der Waals surface area contributed by atoms with Gasteiger partial charge in [-0.1, -0.05) is 0 Å². The van der Waals surface area contributed by atoms with E-state index < -0.39 is 21.7 Å². The molecule has 2 aromatic carbocycles. The molecule has 0 radical (unpaired) electrons. The minimum atomic E-state index is -3.74. The van der Waals surface area contributed by atoms with Crippen molar-refractivity contribution < 1.29 is 26.7 Å². The van der Waals surface area contributed by atoms with Crippen LogP contribution < -0.4 is 4.74 Å². The van der Waals surface area contributed by atoms with Crippen LogP contribution in [0.15, 0.2) is 51.8 Å². The van der Waals surface area contributed by atoms with E-state index in [9.17, 15) is 22.0 Å². The highest BCUT2D eigenvalue weighted by molar-refractivity contribution is 9.10. The minimum Gasteiger partial charge on any atom is -0.483 e. The predicted molar refractivity (Wildman–Crippen MR) is 101 cm³/mol. The van der Waals surface area contributed by atoms with Gasteiger partial charge in [-0.3, -0.25) is 4.79 Å². The van der Waals surface area contributed by atoms with Crippen LogP contribution in [0.5, 0.6) is 5.75 Å². The Labute approximate surface area is 169 Å². The Hall–Kier alpha value is -2.04. The summed E-state index contributed by atoms with van der Waals surface area (Å²) < 4.78 is 58.3. The molecule has 1 heterocycles. The Balaban J connectivity index is 1.55. The minimum absolute atomic E-state index is 0.0122. The largest absolute Gasteiger partial charge is 0.483 e. The highest BCUT2D eigenvalue weighted by atomic mass is 79.9. The first-order valence-electron chi connectivity index (χ1n) is 8.39. The highest BCUT2D eigenvalue weighted by Gasteiger charge is 2.30. The van der Waals surface area contributed by atoms with Gasteiger partial charge in [0.05, 0.1) is 9.37 Å². The van der Waals surface area contributed by atoms with Crippen LogP contribution in [0, 0.1) is 11.6 Å². The molecule has 1 amide bonds. The maximum absolute atomic E-state index is 13.1. The number of hydrogen-bond acceptors (Lipinski definition) is 4. The normalized spacial score (nSPS) is 15.5. The Morgan fingerprint density at radius 2 is 1.61 bits per heavy atom. The molecule has 10 heteroatoms. The zero-order valence-corrected chi connectivity index (χ0v) is 17.0. The van der Waals surface area contributed by atoms with Gasteiger partial charge in [0.15, 0.2) is 6.61 Å². The molecule has 6 nitrogen and oxygen atoms in total. The van der Waals surface area contributed by atoms with Crippen LogP contribution in [0.3, 0.4) is 0 Å². The first-order valence-corrected chi connectivity index (χ1v) is 10.6. The summed E-state index contributed by atoms with van der Waals surface area (Å²) in [6, 6.07) is 8.50. The van der Waals surface area contributed by atoms with Crippen LogP contribution in [0.25, 0.3) is 0 Å². The monoisotopic (exact) mass is 474 g/mol. The number of ether oxygens (including phenoxy) is 1. The van der Waals surface area contributed by atoms with Gasteiger partial charge in [-0.25, -0.2) is 17.2 Å². The number of benzene rings is 2. The van der Waals surface area contributed by atoms with Crippen LogP contribution in [0.2, 0.25) is 0 Å². The molecule has 0 spiro atoms. The van der Waals surface area contributed by atoms with Gasteiger partial charge >= 0.3 is 0 Å². The maximum Gasteiger partial charge on any atom is 0.260 e. The molecule has 28 heavy (non-hydrogen) atoms. The number of carbonyl (C=O) groups is 1. The molecule has 150 valence electrons. The van der Waals surface area contributed by atoms with E-state index in [1.54, 1.807) is 0 Å². The molecule has 2 aromatic rings. The van der Waals surface area contributed by atoms with Gasteiger partial charge in [0.2, 0.25) is 10.0 Å². The third kappa shape index (κ3) is 4.68. The number of sulfonamides is 1. The maximum atomic E-state index is 13.1. The second kappa shape index (κ2) is 8.54. The van der Waals surface area contributed by atoms with Crippen molar-refractivity contribution in [2.75, 3.05) is 32.8 Å².